The predicted molar refractivity (Wildman–Crippen MR) is 103 cm³/mol. The molecule has 0 radical (unpaired) electrons. The van der Waals surface area contributed by atoms with Gasteiger partial charge in [-0.15, -0.1) is 0 Å². The number of rotatable bonds is 1. The zero-order chi connectivity index (χ0) is 15.9. The summed E-state index contributed by atoms with van der Waals surface area (Å²) < 4.78 is 0. The van der Waals surface area contributed by atoms with Crippen molar-refractivity contribution in [2.45, 2.75) is 6.04 Å². The smallest absolute Gasteiger partial charge is 0.0695 e. The van der Waals surface area contributed by atoms with Crippen molar-refractivity contribution in [2.75, 3.05) is 0 Å². The van der Waals surface area contributed by atoms with Crippen molar-refractivity contribution in [3.8, 4) is 0 Å². The van der Waals surface area contributed by atoms with Crippen LogP contribution in [-0.2, 0) is 0 Å². The van der Waals surface area contributed by atoms with Crippen LogP contribution in [-0.4, -0.2) is 0 Å². The van der Waals surface area contributed by atoms with Gasteiger partial charge in [0.2, 0.25) is 0 Å². The second kappa shape index (κ2) is 5.24. The fourth-order valence-corrected chi connectivity index (χ4v) is 3.77. The van der Waals surface area contributed by atoms with E-state index in [1.807, 2.05) is 12.3 Å². The second-order valence-electron chi connectivity index (χ2n) is 6.28. The molecule has 1 aliphatic heterocycles. The van der Waals surface area contributed by atoms with Crippen LogP contribution in [0, 0.1) is 0 Å². The molecule has 1 unspecified atom stereocenters. The van der Waals surface area contributed by atoms with Crippen molar-refractivity contribution in [2.24, 2.45) is 0 Å². The van der Waals surface area contributed by atoms with Crippen molar-refractivity contribution < 1.29 is 0 Å². The van der Waals surface area contributed by atoms with Crippen LogP contribution in [0.15, 0.2) is 91.2 Å². The first-order valence-electron chi connectivity index (χ1n) is 8.34. The normalized spacial score (nSPS) is 16.8. The van der Waals surface area contributed by atoms with Gasteiger partial charge in [-0.05, 0) is 56.2 Å². The molecule has 0 bridgehead atoms. The molecule has 0 fully saturated rings. The Morgan fingerprint density at radius 3 is 1.75 bits per heavy atom. The molecule has 4 aromatic rings. The molecule has 0 amide bonds. The van der Waals surface area contributed by atoms with Crippen molar-refractivity contribution in [1.82, 2.24) is 5.32 Å². The van der Waals surface area contributed by atoms with Gasteiger partial charge in [-0.2, -0.15) is 0 Å². The molecular formula is C23H17N. The van der Waals surface area contributed by atoms with Gasteiger partial charge in [0.15, 0.2) is 0 Å². The third-order valence-corrected chi connectivity index (χ3v) is 4.91. The molecule has 114 valence electrons. The Labute approximate surface area is 140 Å². The summed E-state index contributed by atoms with van der Waals surface area (Å²) in [6, 6.07) is 24.5. The monoisotopic (exact) mass is 307 g/mol. The minimum absolute atomic E-state index is 0.240. The minimum Gasteiger partial charge on any atom is -0.381 e. The Bertz CT molecular complexity index is 1100. The van der Waals surface area contributed by atoms with Crippen LogP contribution in [0.3, 0.4) is 0 Å². The number of dihydropyridines is 1. The van der Waals surface area contributed by atoms with E-state index in [0.29, 0.717) is 0 Å². The molecule has 0 saturated heterocycles. The zero-order valence-electron chi connectivity index (χ0n) is 13.2. The third kappa shape index (κ3) is 1.95. The molecular weight excluding hydrogens is 290 g/mol. The number of allylic oxidation sites excluding steroid dienone is 2. The maximum Gasteiger partial charge on any atom is 0.0695 e. The Kier molecular flexibility index (Phi) is 2.92. The minimum atomic E-state index is 0.240. The highest BCUT2D eigenvalue weighted by molar-refractivity contribution is 6.25. The van der Waals surface area contributed by atoms with E-state index in [9.17, 15) is 0 Å². The number of fused-ring (bicyclic) bond motifs is 6. The van der Waals surface area contributed by atoms with Crippen LogP contribution < -0.4 is 5.32 Å². The first-order chi connectivity index (χ1) is 11.9. The van der Waals surface area contributed by atoms with Gasteiger partial charge >= 0.3 is 0 Å². The van der Waals surface area contributed by atoms with Crippen LogP contribution in [0.4, 0.5) is 0 Å². The first-order valence-corrected chi connectivity index (χ1v) is 8.34. The average Bonchev–Trinajstić information content (AvgIpc) is 2.68. The summed E-state index contributed by atoms with van der Waals surface area (Å²) in [4.78, 5) is 0. The van der Waals surface area contributed by atoms with Crippen LogP contribution >= 0.6 is 0 Å². The molecule has 0 aromatic heterocycles. The van der Waals surface area contributed by atoms with E-state index in [1.54, 1.807) is 0 Å². The second-order valence-corrected chi connectivity index (χ2v) is 6.28. The molecule has 24 heavy (non-hydrogen) atoms. The van der Waals surface area contributed by atoms with Crippen molar-refractivity contribution >= 4 is 32.3 Å². The first kappa shape index (κ1) is 13.4. The fourth-order valence-electron chi connectivity index (χ4n) is 3.77. The van der Waals surface area contributed by atoms with E-state index >= 15 is 0 Å². The van der Waals surface area contributed by atoms with Crippen LogP contribution in [0.2, 0.25) is 0 Å². The van der Waals surface area contributed by atoms with E-state index in [2.05, 4.69) is 84.2 Å². The lowest BCUT2D eigenvalue weighted by Gasteiger charge is -2.18. The van der Waals surface area contributed by atoms with Crippen molar-refractivity contribution in [1.29, 1.82) is 0 Å². The summed E-state index contributed by atoms with van der Waals surface area (Å²) in [5.41, 5.74) is 1.29. The molecule has 1 atom stereocenters. The summed E-state index contributed by atoms with van der Waals surface area (Å²) in [5, 5.41) is 11.4. The van der Waals surface area contributed by atoms with Gasteiger partial charge in [0, 0.05) is 0 Å². The van der Waals surface area contributed by atoms with Gasteiger partial charge in [0.1, 0.15) is 0 Å². The molecule has 1 heteroatoms. The molecule has 0 saturated carbocycles. The van der Waals surface area contributed by atoms with Gasteiger partial charge < -0.3 is 5.32 Å². The maximum atomic E-state index is 3.42. The Balaban J connectivity index is 1.89. The number of hydrogen-bond donors (Lipinski definition) is 1. The van der Waals surface area contributed by atoms with E-state index in [4.69, 9.17) is 0 Å². The Morgan fingerprint density at radius 1 is 0.583 bits per heavy atom. The average molecular weight is 307 g/mol. The van der Waals surface area contributed by atoms with Crippen LogP contribution in [0.5, 0.6) is 0 Å². The number of benzene rings is 4. The van der Waals surface area contributed by atoms with Crippen LogP contribution in [0.25, 0.3) is 32.3 Å². The van der Waals surface area contributed by atoms with E-state index < -0.39 is 0 Å². The SMILES string of the molecule is C1=CNC(c2ccc3c4ccccc4c4ccccc4c3c2)C=C1. The standard InChI is InChI=1S/C23H17N/c1-2-9-19-17(7-1)18-8-3-4-10-20(18)22-15-16(12-13-21(19)22)23-11-5-6-14-24-23/h1-15,23-24H. The van der Waals surface area contributed by atoms with Gasteiger partial charge in [0.05, 0.1) is 6.04 Å². The molecule has 4 aromatic carbocycles. The summed E-state index contributed by atoms with van der Waals surface area (Å²) in [6.07, 6.45) is 8.34. The van der Waals surface area contributed by atoms with Crippen molar-refractivity contribution in [3.63, 3.8) is 0 Å². The zero-order valence-corrected chi connectivity index (χ0v) is 13.2. The van der Waals surface area contributed by atoms with E-state index in [1.165, 1.54) is 37.9 Å². The van der Waals surface area contributed by atoms with Gasteiger partial charge in [0.25, 0.3) is 0 Å². The van der Waals surface area contributed by atoms with Gasteiger partial charge in [-0.25, -0.2) is 0 Å². The quantitative estimate of drug-likeness (QED) is 0.434. The van der Waals surface area contributed by atoms with Crippen LogP contribution in [0.1, 0.15) is 11.6 Å². The fraction of sp³-hybridized carbons (Fsp3) is 0.0435. The molecule has 0 aliphatic carbocycles. The topological polar surface area (TPSA) is 12.0 Å². The lowest BCUT2D eigenvalue weighted by Crippen LogP contribution is -2.14. The molecule has 1 heterocycles. The van der Waals surface area contributed by atoms with E-state index in [0.717, 1.165) is 0 Å². The summed E-state index contributed by atoms with van der Waals surface area (Å²) in [5.74, 6) is 0. The lowest BCUT2D eigenvalue weighted by atomic mass is 9.92. The molecule has 1 nitrogen and oxygen atoms in total. The summed E-state index contributed by atoms with van der Waals surface area (Å²) in [7, 11) is 0. The highest BCUT2D eigenvalue weighted by atomic mass is 14.9. The number of nitrogens with one attached hydrogen (secondary N) is 1. The van der Waals surface area contributed by atoms with Gasteiger partial charge in [-0.3, -0.25) is 0 Å². The molecule has 5 rings (SSSR count). The predicted octanol–water partition coefficient (Wildman–Crippen LogP) is 5.86. The lowest BCUT2D eigenvalue weighted by molar-refractivity contribution is 0.748. The third-order valence-electron chi connectivity index (χ3n) is 4.91. The Hall–Kier alpha value is -3.06. The summed E-state index contributed by atoms with van der Waals surface area (Å²) in [6.45, 7) is 0. The largest absolute Gasteiger partial charge is 0.381 e. The number of hydrogen-bond acceptors (Lipinski definition) is 1. The van der Waals surface area contributed by atoms with Gasteiger partial charge in [-0.1, -0.05) is 72.8 Å². The summed E-state index contributed by atoms with van der Waals surface area (Å²) >= 11 is 0. The van der Waals surface area contributed by atoms with E-state index in [-0.39, 0.29) is 6.04 Å². The maximum absolute atomic E-state index is 3.42. The Morgan fingerprint density at radius 2 is 1.17 bits per heavy atom. The highest BCUT2D eigenvalue weighted by Gasteiger charge is 2.12. The molecule has 1 aliphatic rings. The van der Waals surface area contributed by atoms with Crippen molar-refractivity contribution in [3.05, 3.63) is 96.7 Å². The highest BCUT2D eigenvalue weighted by Crippen LogP contribution is 2.36. The molecule has 0 spiro atoms. The molecule has 1 N–H and O–H groups in total.